The summed E-state index contributed by atoms with van der Waals surface area (Å²) in [5, 5.41) is 0.778. The summed E-state index contributed by atoms with van der Waals surface area (Å²) >= 11 is 7.96. The van der Waals surface area contributed by atoms with Gasteiger partial charge >= 0.3 is 0 Å². The van der Waals surface area contributed by atoms with Crippen molar-refractivity contribution < 1.29 is 0 Å². The van der Waals surface area contributed by atoms with E-state index < -0.39 is 0 Å². The minimum absolute atomic E-state index is 0.507. The van der Waals surface area contributed by atoms with Gasteiger partial charge in [-0.15, -0.1) is 11.8 Å². The van der Waals surface area contributed by atoms with Crippen LogP contribution in [0.5, 0.6) is 0 Å². The second kappa shape index (κ2) is 7.98. The van der Waals surface area contributed by atoms with Crippen LogP contribution in [0.1, 0.15) is 19.4 Å². The number of halogens is 1. The lowest BCUT2D eigenvalue weighted by Gasteiger charge is -2.18. The van der Waals surface area contributed by atoms with Gasteiger partial charge in [0.1, 0.15) is 0 Å². The molecule has 0 unspecified atom stereocenters. The van der Waals surface area contributed by atoms with Gasteiger partial charge in [0.25, 0.3) is 0 Å². The van der Waals surface area contributed by atoms with Crippen molar-refractivity contribution in [1.29, 1.82) is 0 Å². The molecule has 0 amide bonds. The molecule has 0 aromatic heterocycles. The van der Waals surface area contributed by atoms with Gasteiger partial charge in [0.05, 0.1) is 0 Å². The van der Waals surface area contributed by atoms with Crippen molar-refractivity contribution in [2.45, 2.75) is 25.3 Å². The summed E-state index contributed by atoms with van der Waals surface area (Å²) in [5.74, 6) is 1.08. The van der Waals surface area contributed by atoms with Crippen molar-refractivity contribution in [3.05, 3.63) is 28.8 Å². The van der Waals surface area contributed by atoms with Crippen molar-refractivity contribution in [3.8, 4) is 0 Å². The van der Waals surface area contributed by atoms with Crippen molar-refractivity contribution in [2.24, 2.45) is 5.73 Å². The molecule has 0 aliphatic heterocycles. The molecule has 0 saturated heterocycles. The van der Waals surface area contributed by atoms with E-state index in [-0.39, 0.29) is 0 Å². The van der Waals surface area contributed by atoms with Crippen LogP contribution in [-0.2, 0) is 6.54 Å². The molecule has 0 fully saturated rings. The van der Waals surface area contributed by atoms with E-state index in [1.165, 1.54) is 4.90 Å². The Hall–Kier alpha value is -0.220. The molecule has 96 valence electrons. The van der Waals surface area contributed by atoms with Gasteiger partial charge in [-0.1, -0.05) is 31.5 Å². The fourth-order valence-electron chi connectivity index (χ4n) is 1.70. The molecule has 2 nitrogen and oxygen atoms in total. The summed E-state index contributed by atoms with van der Waals surface area (Å²) in [5.41, 5.74) is 6.80. The van der Waals surface area contributed by atoms with Crippen LogP contribution in [0, 0.1) is 0 Å². The van der Waals surface area contributed by atoms with Gasteiger partial charge in [0.2, 0.25) is 0 Å². The number of rotatable bonds is 7. The van der Waals surface area contributed by atoms with E-state index in [0.717, 1.165) is 36.0 Å². The van der Waals surface area contributed by atoms with Gasteiger partial charge in [-0.2, -0.15) is 0 Å². The first-order chi connectivity index (χ1) is 8.22. The van der Waals surface area contributed by atoms with Crippen LogP contribution in [0.25, 0.3) is 0 Å². The lowest BCUT2D eigenvalue weighted by Crippen LogP contribution is -2.25. The molecule has 1 rings (SSSR count). The van der Waals surface area contributed by atoms with Crippen LogP contribution in [0.2, 0.25) is 5.02 Å². The molecule has 2 N–H and O–H groups in total. The van der Waals surface area contributed by atoms with Crippen LogP contribution in [0.3, 0.4) is 0 Å². The highest BCUT2D eigenvalue weighted by Gasteiger charge is 2.06. The molecular formula is C13H21ClN2S. The van der Waals surface area contributed by atoms with Crippen LogP contribution < -0.4 is 5.73 Å². The van der Waals surface area contributed by atoms with Crippen molar-refractivity contribution in [2.75, 3.05) is 25.4 Å². The molecular weight excluding hydrogens is 252 g/mol. The molecule has 0 heterocycles. The van der Waals surface area contributed by atoms with Crippen LogP contribution >= 0.6 is 23.4 Å². The summed E-state index contributed by atoms with van der Waals surface area (Å²) in [6.07, 6.45) is 0. The van der Waals surface area contributed by atoms with Gasteiger partial charge in [-0.3, -0.25) is 0 Å². The maximum atomic E-state index is 6.12. The topological polar surface area (TPSA) is 29.3 Å². The molecule has 1 aromatic rings. The number of thioether (sulfide) groups is 1. The predicted octanol–water partition coefficient (Wildman–Crippen LogP) is 3.23. The Balaban J connectivity index is 2.54. The zero-order chi connectivity index (χ0) is 12.7. The zero-order valence-corrected chi connectivity index (χ0v) is 12.2. The lowest BCUT2D eigenvalue weighted by molar-refractivity contribution is 0.324. The second-order valence-corrected chi connectivity index (χ2v) is 5.34. The maximum absolute atomic E-state index is 6.12. The molecule has 4 heteroatoms. The predicted molar refractivity (Wildman–Crippen MR) is 77.9 cm³/mol. The van der Waals surface area contributed by atoms with Crippen molar-refractivity contribution >= 4 is 23.4 Å². The molecule has 1 aromatic carbocycles. The van der Waals surface area contributed by atoms with Gasteiger partial charge < -0.3 is 10.6 Å². The molecule has 0 atom stereocenters. The number of hydrogen-bond acceptors (Lipinski definition) is 3. The highest BCUT2D eigenvalue weighted by molar-refractivity contribution is 7.99. The molecule has 0 aliphatic carbocycles. The lowest BCUT2D eigenvalue weighted by atomic mass is 10.2. The highest BCUT2D eigenvalue weighted by Crippen LogP contribution is 2.28. The first kappa shape index (κ1) is 14.8. The Kier molecular flexibility index (Phi) is 6.97. The van der Waals surface area contributed by atoms with Gasteiger partial charge in [-0.05, 0) is 30.8 Å². The Morgan fingerprint density at radius 2 is 2.00 bits per heavy atom. The first-order valence-electron chi connectivity index (χ1n) is 6.05. The van der Waals surface area contributed by atoms with Gasteiger partial charge in [0, 0.05) is 28.8 Å². The number of nitrogens with zero attached hydrogens (tertiary/aromatic N) is 1. The SMILES string of the molecule is CCN(CC)CCSc1cccc(Cl)c1CN. The van der Waals surface area contributed by atoms with Crippen LogP contribution in [0.15, 0.2) is 23.1 Å². The Bertz CT molecular complexity index is 340. The molecule has 0 aliphatic rings. The number of benzene rings is 1. The summed E-state index contributed by atoms with van der Waals surface area (Å²) in [6.45, 7) is 8.21. The molecule has 17 heavy (non-hydrogen) atoms. The van der Waals surface area contributed by atoms with E-state index in [1.807, 2.05) is 23.9 Å². The average molecular weight is 273 g/mol. The van der Waals surface area contributed by atoms with E-state index in [2.05, 4.69) is 24.8 Å². The van der Waals surface area contributed by atoms with Crippen molar-refractivity contribution in [1.82, 2.24) is 4.90 Å². The maximum Gasteiger partial charge on any atom is 0.0462 e. The van der Waals surface area contributed by atoms with Crippen LogP contribution in [-0.4, -0.2) is 30.3 Å². The largest absolute Gasteiger partial charge is 0.326 e. The summed E-state index contributed by atoms with van der Waals surface area (Å²) < 4.78 is 0. The zero-order valence-electron chi connectivity index (χ0n) is 10.6. The fraction of sp³-hybridized carbons (Fsp3) is 0.538. The van der Waals surface area contributed by atoms with E-state index in [9.17, 15) is 0 Å². The molecule has 0 radical (unpaired) electrons. The summed E-state index contributed by atoms with van der Waals surface area (Å²) in [7, 11) is 0. The Labute approximate surface area is 114 Å². The second-order valence-electron chi connectivity index (χ2n) is 3.80. The van der Waals surface area contributed by atoms with Crippen molar-refractivity contribution in [3.63, 3.8) is 0 Å². The van der Waals surface area contributed by atoms with E-state index in [0.29, 0.717) is 6.54 Å². The monoisotopic (exact) mass is 272 g/mol. The fourth-order valence-corrected chi connectivity index (χ4v) is 3.12. The van der Waals surface area contributed by atoms with Gasteiger partial charge in [-0.25, -0.2) is 0 Å². The Morgan fingerprint density at radius 1 is 1.29 bits per heavy atom. The third-order valence-corrected chi connectivity index (χ3v) is 4.27. The third-order valence-electron chi connectivity index (χ3n) is 2.84. The summed E-state index contributed by atoms with van der Waals surface area (Å²) in [6, 6.07) is 5.99. The minimum Gasteiger partial charge on any atom is -0.326 e. The quantitative estimate of drug-likeness (QED) is 0.773. The smallest absolute Gasteiger partial charge is 0.0462 e. The number of nitrogens with two attached hydrogens (primary N) is 1. The molecule has 0 spiro atoms. The van der Waals surface area contributed by atoms with E-state index in [4.69, 9.17) is 17.3 Å². The standard InChI is InChI=1S/C13H21ClN2S/c1-3-16(4-2)8-9-17-13-7-5-6-12(14)11(13)10-15/h5-7H,3-4,8-10,15H2,1-2H3. The normalized spacial score (nSPS) is 11.1. The van der Waals surface area contributed by atoms with E-state index >= 15 is 0 Å². The van der Waals surface area contributed by atoms with E-state index in [1.54, 1.807) is 0 Å². The minimum atomic E-state index is 0.507. The number of hydrogen-bond donors (Lipinski definition) is 1. The molecule has 0 bridgehead atoms. The van der Waals surface area contributed by atoms with Crippen LogP contribution in [0.4, 0.5) is 0 Å². The van der Waals surface area contributed by atoms with Gasteiger partial charge in [0.15, 0.2) is 0 Å². The highest BCUT2D eigenvalue weighted by atomic mass is 35.5. The summed E-state index contributed by atoms with van der Waals surface area (Å²) in [4.78, 5) is 3.63. The Morgan fingerprint density at radius 3 is 2.59 bits per heavy atom. The molecule has 0 saturated carbocycles. The average Bonchev–Trinajstić information content (AvgIpc) is 2.35. The third kappa shape index (κ3) is 4.51. The first-order valence-corrected chi connectivity index (χ1v) is 7.41.